The predicted octanol–water partition coefficient (Wildman–Crippen LogP) is 4.27. The second-order valence-corrected chi connectivity index (χ2v) is 7.35. The second kappa shape index (κ2) is 6.57. The Balaban J connectivity index is 1.66. The van der Waals surface area contributed by atoms with E-state index in [0.717, 1.165) is 23.8 Å². The van der Waals surface area contributed by atoms with Crippen LogP contribution in [0.3, 0.4) is 0 Å². The Labute approximate surface area is 143 Å². The summed E-state index contributed by atoms with van der Waals surface area (Å²) in [5, 5.41) is 4.62. The molecule has 2 aromatic rings. The first-order chi connectivity index (χ1) is 11.0. The lowest BCUT2D eigenvalue weighted by molar-refractivity contribution is 0.243. The Morgan fingerprint density at radius 3 is 2.48 bits per heavy atom. The maximum absolute atomic E-state index is 5.59. The Hall–Kier alpha value is -1.46. The van der Waals surface area contributed by atoms with Gasteiger partial charge in [0, 0.05) is 12.6 Å². The fourth-order valence-corrected chi connectivity index (χ4v) is 3.35. The molecule has 1 saturated carbocycles. The molecule has 0 bridgehead atoms. The van der Waals surface area contributed by atoms with Crippen molar-refractivity contribution in [3.63, 3.8) is 0 Å². The summed E-state index contributed by atoms with van der Waals surface area (Å²) >= 11 is 5.59. The van der Waals surface area contributed by atoms with Gasteiger partial charge in [0.1, 0.15) is 5.82 Å². The minimum atomic E-state index is 0.578. The predicted molar refractivity (Wildman–Crippen MR) is 96.1 cm³/mol. The molecule has 0 unspecified atom stereocenters. The summed E-state index contributed by atoms with van der Waals surface area (Å²) in [4.78, 5) is 2.25. The average molecular weight is 331 g/mol. The highest BCUT2D eigenvalue weighted by Crippen LogP contribution is 2.35. The molecule has 1 heterocycles. The van der Waals surface area contributed by atoms with Crippen molar-refractivity contribution in [3.05, 3.63) is 46.0 Å². The molecule has 0 N–H and O–H groups in total. The largest absolute Gasteiger partial charge is 0.301 e. The average Bonchev–Trinajstić information content (AvgIpc) is 3.27. The van der Waals surface area contributed by atoms with Crippen LogP contribution in [0.4, 0.5) is 0 Å². The van der Waals surface area contributed by atoms with Crippen molar-refractivity contribution in [2.24, 2.45) is 0 Å². The summed E-state index contributed by atoms with van der Waals surface area (Å²) in [6.07, 6.45) is 2.47. The van der Waals surface area contributed by atoms with Gasteiger partial charge in [-0.3, -0.25) is 4.90 Å². The summed E-state index contributed by atoms with van der Waals surface area (Å²) in [7, 11) is 2.11. The van der Waals surface area contributed by atoms with Gasteiger partial charge in [0.05, 0.1) is 6.67 Å². The van der Waals surface area contributed by atoms with E-state index in [-0.39, 0.29) is 0 Å². The van der Waals surface area contributed by atoms with Gasteiger partial charge in [-0.1, -0.05) is 38.1 Å². The fourth-order valence-electron chi connectivity index (χ4n) is 2.97. The van der Waals surface area contributed by atoms with E-state index in [1.165, 1.54) is 24.0 Å². The Bertz CT molecular complexity index is 722. The number of rotatable bonds is 6. The van der Waals surface area contributed by atoms with Crippen LogP contribution in [0.5, 0.6) is 0 Å². The number of benzene rings is 1. The molecule has 0 amide bonds. The van der Waals surface area contributed by atoms with E-state index in [0.29, 0.717) is 12.0 Å². The Morgan fingerprint density at radius 1 is 1.26 bits per heavy atom. The molecule has 0 radical (unpaired) electrons. The highest BCUT2D eigenvalue weighted by molar-refractivity contribution is 7.71. The van der Waals surface area contributed by atoms with Crippen molar-refractivity contribution >= 4 is 12.2 Å². The molecule has 124 valence electrons. The first-order valence-electron chi connectivity index (χ1n) is 8.39. The van der Waals surface area contributed by atoms with Crippen molar-refractivity contribution in [1.82, 2.24) is 19.2 Å². The Kier molecular flexibility index (Phi) is 4.69. The summed E-state index contributed by atoms with van der Waals surface area (Å²) in [5.41, 5.74) is 2.71. The van der Waals surface area contributed by atoms with Crippen LogP contribution in [0.2, 0.25) is 0 Å². The summed E-state index contributed by atoms with van der Waals surface area (Å²) in [6.45, 7) is 8.12. The lowest BCUT2D eigenvalue weighted by atomic mass is 10.0. The van der Waals surface area contributed by atoms with Crippen LogP contribution in [-0.2, 0) is 13.2 Å². The molecule has 23 heavy (non-hydrogen) atoms. The third-order valence-electron chi connectivity index (χ3n) is 4.43. The second-order valence-electron chi connectivity index (χ2n) is 6.98. The normalized spacial score (nSPS) is 14.9. The van der Waals surface area contributed by atoms with Gasteiger partial charge >= 0.3 is 0 Å². The van der Waals surface area contributed by atoms with E-state index in [9.17, 15) is 0 Å². The first-order valence-corrected chi connectivity index (χ1v) is 8.80. The van der Waals surface area contributed by atoms with Crippen molar-refractivity contribution in [3.8, 4) is 0 Å². The molecule has 0 spiro atoms. The zero-order chi connectivity index (χ0) is 16.6. The maximum Gasteiger partial charge on any atom is 0.199 e. The number of hydrogen-bond donors (Lipinski definition) is 0. The summed E-state index contributed by atoms with van der Waals surface area (Å²) in [5.74, 6) is 1.61. The van der Waals surface area contributed by atoms with Gasteiger partial charge in [0.15, 0.2) is 4.77 Å². The minimum Gasteiger partial charge on any atom is -0.301 e. The lowest BCUT2D eigenvalue weighted by Crippen LogP contribution is -2.22. The van der Waals surface area contributed by atoms with Crippen LogP contribution in [0.25, 0.3) is 0 Å². The van der Waals surface area contributed by atoms with Crippen LogP contribution in [0, 0.1) is 11.7 Å². The number of hydrogen-bond acceptors (Lipinski definition) is 3. The molecule has 1 aliphatic carbocycles. The smallest absolute Gasteiger partial charge is 0.199 e. The third-order valence-corrected chi connectivity index (χ3v) is 4.83. The van der Waals surface area contributed by atoms with Gasteiger partial charge in [-0.15, -0.1) is 0 Å². The van der Waals surface area contributed by atoms with E-state index < -0.39 is 0 Å². The molecule has 0 aliphatic heterocycles. The molecule has 0 atom stereocenters. The van der Waals surface area contributed by atoms with E-state index in [2.05, 4.69) is 66.7 Å². The molecular formula is C18H26N4S. The maximum atomic E-state index is 5.59. The topological polar surface area (TPSA) is 26.0 Å². The van der Waals surface area contributed by atoms with Gasteiger partial charge in [-0.25, -0.2) is 4.68 Å². The SMILES string of the molecule is Cc1nn(CN(C)Cc2ccc(C(C)C)cc2)c(=S)n1C1CC1. The van der Waals surface area contributed by atoms with E-state index >= 15 is 0 Å². The molecule has 1 aromatic carbocycles. The third kappa shape index (κ3) is 3.72. The zero-order valence-electron chi connectivity index (χ0n) is 14.5. The van der Waals surface area contributed by atoms with Gasteiger partial charge in [-0.2, -0.15) is 5.10 Å². The Morgan fingerprint density at radius 2 is 1.91 bits per heavy atom. The van der Waals surface area contributed by atoms with Crippen molar-refractivity contribution < 1.29 is 0 Å². The van der Waals surface area contributed by atoms with Crippen LogP contribution < -0.4 is 0 Å². The van der Waals surface area contributed by atoms with Crippen molar-refractivity contribution in [2.75, 3.05) is 7.05 Å². The molecule has 5 heteroatoms. The standard InChI is InChI=1S/C18H26N4S/c1-13(2)16-7-5-15(6-8-16)11-20(4)12-21-18(23)22(14(3)19-21)17-9-10-17/h5-8,13,17H,9-12H2,1-4H3. The van der Waals surface area contributed by atoms with E-state index in [4.69, 9.17) is 12.2 Å². The van der Waals surface area contributed by atoms with Crippen molar-refractivity contribution in [2.45, 2.75) is 58.8 Å². The van der Waals surface area contributed by atoms with Gasteiger partial charge in [-0.05, 0) is 56.1 Å². The summed E-state index contributed by atoms with van der Waals surface area (Å²) in [6, 6.07) is 9.49. The first kappa shape index (κ1) is 16.4. The molecule has 3 rings (SSSR count). The highest BCUT2D eigenvalue weighted by Gasteiger charge is 2.27. The molecule has 1 aliphatic rings. The lowest BCUT2D eigenvalue weighted by Gasteiger charge is -2.17. The molecular weight excluding hydrogens is 304 g/mol. The monoisotopic (exact) mass is 330 g/mol. The van der Waals surface area contributed by atoms with Gasteiger partial charge in [0.25, 0.3) is 0 Å². The van der Waals surface area contributed by atoms with Crippen LogP contribution in [0.15, 0.2) is 24.3 Å². The number of nitrogens with zero attached hydrogens (tertiary/aromatic N) is 4. The molecule has 1 aromatic heterocycles. The number of aryl methyl sites for hydroxylation is 1. The van der Waals surface area contributed by atoms with Gasteiger partial charge in [0.2, 0.25) is 0 Å². The van der Waals surface area contributed by atoms with Crippen LogP contribution >= 0.6 is 12.2 Å². The van der Waals surface area contributed by atoms with E-state index in [1.54, 1.807) is 0 Å². The fraction of sp³-hybridized carbons (Fsp3) is 0.556. The number of aromatic nitrogens is 3. The van der Waals surface area contributed by atoms with Gasteiger partial charge < -0.3 is 4.57 Å². The molecule has 1 fully saturated rings. The van der Waals surface area contributed by atoms with Crippen LogP contribution in [-0.4, -0.2) is 26.3 Å². The highest BCUT2D eigenvalue weighted by atomic mass is 32.1. The quantitative estimate of drug-likeness (QED) is 0.740. The molecule has 4 nitrogen and oxygen atoms in total. The summed E-state index contributed by atoms with van der Waals surface area (Å²) < 4.78 is 5.01. The van der Waals surface area contributed by atoms with E-state index in [1.807, 2.05) is 4.68 Å². The minimum absolute atomic E-state index is 0.578. The molecule has 0 saturated heterocycles. The van der Waals surface area contributed by atoms with Crippen molar-refractivity contribution in [1.29, 1.82) is 0 Å². The van der Waals surface area contributed by atoms with Crippen LogP contribution in [0.1, 0.15) is 55.6 Å². The zero-order valence-corrected chi connectivity index (χ0v) is 15.3.